The first kappa shape index (κ1) is 14.1. The molecule has 0 spiro atoms. The van der Waals surface area contributed by atoms with E-state index in [4.69, 9.17) is 0 Å². The first-order chi connectivity index (χ1) is 6.68. The van der Waals surface area contributed by atoms with Crippen LogP contribution in [-0.4, -0.2) is 8.41 Å². The van der Waals surface area contributed by atoms with Crippen LogP contribution in [0.2, 0.25) is 18.1 Å². The van der Waals surface area contributed by atoms with E-state index in [-0.39, 0.29) is 0 Å². The molecule has 0 N–H and O–H groups in total. The molecule has 0 amide bonds. The highest BCUT2D eigenvalue weighted by Gasteiger charge is 2.31. The highest BCUT2D eigenvalue weighted by atomic mass is 28.4. The van der Waals surface area contributed by atoms with Gasteiger partial charge in [-0.25, -0.2) is 0 Å². The Morgan fingerprint density at radius 2 is 1.00 bits per heavy atom. The summed E-state index contributed by atoms with van der Waals surface area (Å²) in [6.07, 6.45) is 6.77. The average molecular weight is 218 g/mol. The van der Waals surface area contributed by atoms with Crippen molar-refractivity contribution in [3.8, 4) is 0 Å². The maximum atomic E-state index is 14.5. The summed E-state index contributed by atoms with van der Waals surface area (Å²) in [6.45, 7) is 6.48. The Bertz CT molecular complexity index is 104. The lowest BCUT2D eigenvalue weighted by molar-refractivity contribution is 0.672. The van der Waals surface area contributed by atoms with Gasteiger partial charge < -0.3 is 4.11 Å². The maximum absolute atomic E-state index is 14.5. The van der Waals surface area contributed by atoms with Gasteiger partial charge in [0.15, 0.2) is 0 Å². The van der Waals surface area contributed by atoms with Crippen LogP contribution >= 0.6 is 0 Å². The van der Waals surface area contributed by atoms with Gasteiger partial charge >= 0.3 is 0 Å². The van der Waals surface area contributed by atoms with Gasteiger partial charge in [0.05, 0.1) is 0 Å². The normalized spacial score (nSPS) is 12.0. The number of hydrogen-bond donors (Lipinski definition) is 0. The highest BCUT2D eigenvalue weighted by Crippen LogP contribution is 2.29. The van der Waals surface area contributed by atoms with Crippen LogP contribution in [0.3, 0.4) is 0 Å². The van der Waals surface area contributed by atoms with Crippen molar-refractivity contribution in [3.05, 3.63) is 0 Å². The third kappa shape index (κ3) is 6.58. The fourth-order valence-corrected chi connectivity index (χ4v) is 5.57. The van der Waals surface area contributed by atoms with Crippen LogP contribution in [0, 0.1) is 0 Å². The van der Waals surface area contributed by atoms with Crippen molar-refractivity contribution in [2.45, 2.75) is 77.4 Å². The van der Waals surface area contributed by atoms with Crippen LogP contribution in [0.1, 0.15) is 59.3 Å². The molecule has 0 aromatic rings. The number of rotatable bonds is 9. The maximum Gasteiger partial charge on any atom is 0.247 e. The first-order valence-electron chi connectivity index (χ1n) is 6.37. The second-order valence-corrected chi connectivity index (χ2v) is 8.26. The molecular formula is C12H27FSi. The monoisotopic (exact) mass is 218 g/mol. The second kappa shape index (κ2) is 8.45. The quantitative estimate of drug-likeness (QED) is 0.364. The predicted octanol–water partition coefficient (Wildman–Crippen LogP) is 5.30. The van der Waals surface area contributed by atoms with E-state index < -0.39 is 8.41 Å². The van der Waals surface area contributed by atoms with E-state index in [1.54, 1.807) is 0 Å². The molecule has 14 heavy (non-hydrogen) atoms. The Labute approximate surface area is 90.5 Å². The van der Waals surface area contributed by atoms with E-state index in [1.807, 2.05) is 0 Å². The van der Waals surface area contributed by atoms with Crippen molar-refractivity contribution in [2.75, 3.05) is 0 Å². The Morgan fingerprint density at radius 3 is 1.21 bits per heavy atom. The molecule has 0 aliphatic carbocycles. The van der Waals surface area contributed by atoms with E-state index in [2.05, 4.69) is 20.8 Å². The molecule has 0 radical (unpaired) electrons. The molecule has 86 valence electrons. The van der Waals surface area contributed by atoms with Gasteiger partial charge in [-0.3, -0.25) is 0 Å². The molecule has 0 aromatic carbocycles. The zero-order chi connectivity index (χ0) is 10.9. The summed E-state index contributed by atoms with van der Waals surface area (Å²) in [4.78, 5) is 0. The minimum absolute atomic E-state index is 0.920. The summed E-state index contributed by atoms with van der Waals surface area (Å²) in [5, 5.41) is 0. The number of hydrogen-bond acceptors (Lipinski definition) is 0. The summed E-state index contributed by atoms with van der Waals surface area (Å²) >= 11 is 0. The predicted molar refractivity (Wildman–Crippen MR) is 66.0 cm³/mol. The summed E-state index contributed by atoms with van der Waals surface area (Å²) in [6, 6.07) is 2.76. The van der Waals surface area contributed by atoms with Crippen LogP contribution in [0.15, 0.2) is 0 Å². The van der Waals surface area contributed by atoms with Crippen molar-refractivity contribution in [1.29, 1.82) is 0 Å². The van der Waals surface area contributed by atoms with Gasteiger partial charge in [0.25, 0.3) is 0 Å². The van der Waals surface area contributed by atoms with Crippen LogP contribution in [0.25, 0.3) is 0 Å². The van der Waals surface area contributed by atoms with Crippen LogP contribution in [0.5, 0.6) is 0 Å². The van der Waals surface area contributed by atoms with Crippen molar-refractivity contribution < 1.29 is 4.11 Å². The molecule has 0 rings (SSSR count). The smallest absolute Gasteiger partial charge is 0.247 e. The fraction of sp³-hybridized carbons (Fsp3) is 1.00. The minimum Gasteiger partial charge on any atom is -0.314 e. The van der Waals surface area contributed by atoms with Gasteiger partial charge in [0, 0.05) is 0 Å². The van der Waals surface area contributed by atoms with E-state index >= 15 is 0 Å². The van der Waals surface area contributed by atoms with E-state index in [9.17, 15) is 4.11 Å². The molecule has 0 aromatic heterocycles. The van der Waals surface area contributed by atoms with Crippen molar-refractivity contribution >= 4 is 8.41 Å². The van der Waals surface area contributed by atoms with Crippen molar-refractivity contribution in [1.82, 2.24) is 0 Å². The molecule has 0 bridgehead atoms. The molecule has 0 atom stereocenters. The zero-order valence-corrected chi connectivity index (χ0v) is 11.2. The molecule has 2 heteroatoms. The third-order valence-corrected chi connectivity index (χ3v) is 6.68. The summed E-state index contributed by atoms with van der Waals surface area (Å²) in [7, 11) is -2.31. The lowest BCUT2D eigenvalue weighted by Gasteiger charge is -2.21. The van der Waals surface area contributed by atoms with Gasteiger partial charge in [-0.1, -0.05) is 59.3 Å². The van der Waals surface area contributed by atoms with Crippen molar-refractivity contribution in [3.63, 3.8) is 0 Å². The van der Waals surface area contributed by atoms with Gasteiger partial charge in [-0.2, -0.15) is 0 Å². The van der Waals surface area contributed by atoms with Gasteiger partial charge in [-0.15, -0.1) is 0 Å². The van der Waals surface area contributed by atoms with Crippen LogP contribution in [0.4, 0.5) is 4.11 Å². The second-order valence-electron chi connectivity index (χ2n) is 4.46. The number of unbranched alkanes of at least 4 members (excludes halogenated alkanes) is 3. The zero-order valence-electron chi connectivity index (χ0n) is 10.2. The summed E-state index contributed by atoms with van der Waals surface area (Å²) in [5.74, 6) is 0. The number of halogens is 1. The average Bonchev–Trinajstić information content (AvgIpc) is 2.21. The topological polar surface area (TPSA) is 0 Å². The minimum atomic E-state index is -2.31. The Morgan fingerprint density at radius 1 is 0.714 bits per heavy atom. The third-order valence-electron chi connectivity index (χ3n) is 2.94. The Balaban J connectivity index is 3.89. The molecule has 0 saturated carbocycles. The highest BCUT2D eigenvalue weighted by molar-refractivity contribution is 6.73. The lowest BCUT2D eigenvalue weighted by Crippen LogP contribution is -2.27. The molecule has 0 fully saturated rings. The SMILES string of the molecule is CCCC[Si](F)(CCCC)CCCC. The Kier molecular flexibility index (Phi) is 8.54. The molecule has 0 unspecified atom stereocenters. The Hall–Kier alpha value is 0.147. The molecule has 0 heterocycles. The molecule has 0 saturated heterocycles. The lowest BCUT2D eigenvalue weighted by atomic mass is 10.4. The van der Waals surface area contributed by atoms with Crippen molar-refractivity contribution in [2.24, 2.45) is 0 Å². The fourth-order valence-electron chi connectivity index (χ4n) is 1.86. The van der Waals surface area contributed by atoms with Gasteiger partial charge in [0.2, 0.25) is 8.41 Å². The largest absolute Gasteiger partial charge is 0.314 e. The molecular weight excluding hydrogens is 191 g/mol. The molecule has 0 aliphatic rings. The standard InChI is InChI=1S/C12H27FSi/c1-4-7-10-14(13,11-8-5-2)12-9-6-3/h4-12H2,1-3H3. The van der Waals surface area contributed by atoms with Gasteiger partial charge in [-0.05, 0) is 18.1 Å². The molecule has 0 nitrogen and oxygen atoms in total. The molecule has 0 aliphatic heterocycles. The van der Waals surface area contributed by atoms with Crippen LogP contribution < -0.4 is 0 Å². The first-order valence-corrected chi connectivity index (χ1v) is 8.87. The summed E-state index contributed by atoms with van der Waals surface area (Å²) in [5.41, 5.74) is 0. The summed E-state index contributed by atoms with van der Waals surface area (Å²) < 4.78 is 14.5. The van der Waals surface area contributed by atoms with Crippen LogP contribution in [-0.2, 0) is 0 Å². The van der Waals surface area contributed by atoms with E-state index in [0.29, 0.717) is 0 Å². The van der Waals surface area contributed by atoms with Gasteiger partial charge in [0.1, 0.15) is 0 Å². The van der Waals surface area contributed by atoms with E-state index in [0.717, 1.165) is 56.7 Å². The van der Waals surface area contributed by atoms with E-state index in [1.165, 1.54) is 0 Å².